The topological polar surface area (TPSA) is 47.3 Å². The van der Waals surface area contributed by atoms with Crippen LogP contribution in [0.25, 0.3) is 11.3 Å². The van der Waals surface area contributed by atoms with Gasteiger partial charge in [0.25, 0.3) is 0 Å². The number of oxazole rings is 1. The third kappa shape index (κ3) is 3.35. The number of rotatable bonds is 6. The molecule has 0 aliphatic carbocycles. The summed E-state index contributed by atoms with van der Waals surface area (Å²) in [6.45, 7) is 4.06. The lowest BCUT2D eigenvalue weighted by atomic mass is 10.1. The van der Waals surface area contributed by atoms with E-state index in [0.717, 1.165) is 34.1 Å². The van der Waals surface area contributed by atoms with E-state index in [-0.39, 0.29) is 0 Å². The summed E-state index contributed by atoms with van der Waals surface area (Å²) in [6.07, 6.45) is 1.46. The van der Waals surface area contributed by atoms with Gasteiger partial charge in [0.1, 0.15) is 5.69 Å². The predicted molar refractivity (Wildman–Crippen MR) is 75.3 cm³/mol. The summed E-state index contributed by atoms with van der Waals surface area (Å²) in [5.41, 5.74) is 2.86. The number of methoxy groups -OCH3 is 1. The van der Waals surface area contributed by atoms with Crippen LogP contribution in [0.3, 0.4) is 0 Å². The Morgan fingerprint density at radius 2 is 2.26 bits per heavy atom. The van der Waals surface area contributed by atoms with Crippen LogP contribution in [0, 0.1) is 6.92 Å². The van der Waals surface area contributed by atoms with Crippen LogP contribution in [0.1, 0.15) is 11.3 Å². The van der Waals surface area contributed by atoms with Crippen molar-refractivity contribution in [1.29, 1.82) is 0 Å². The zero-order valence-electron chi connectivity index (χ0n) is 11.1. The lowest BCUT2D eigenvalue weighted by Gasteiger charge is -2.07. The fraction of sp³-hybridized carbons (Fsp3) is 0.357. The van der Waals surface area contributed by atoms with E-state index in [9.17, 15) is 0 Å². The van der Waals surface area contributed by atoms with E-state index in [4.69, 9.17) is 20.8 Å². The molecular weight excluding hydrogens is 264 g/mol. The van der Waals surface area contributed by atoms with Crippen molar-refractivity contribution in [3.8, 4) is 11.3 Å². The molecule has 5 heteroatoms. The highest BCUT2D eigenvalue weighted by Crippen LogP contribution is 2.30. The lowest BCUT2D eigenvalue weighted by molar-refractivity contribution is 0.199. The molecule has 19 heavy (non-hydrogen) atoms. The fourth-order valence-corrected chi connectivity index (χ4v) is 2.02. The van der Waals surface area contributed by atoms with Crippen molar-refractivity contribution in [3.63, 3.8) is 0 Å². The molecule has 0 radical (unpaired) electrons. The minimum atomic E-state index is 0.640. The molecule has 4 nitrogen and oxygen atoms in total. The smallest absolute Gasteiger partial charge is 0.181 e. The standard InChI is InChI=1S/C14H17ClN2O2/c1-10-11(4-3-5-12(10)15)14-13(17-9-19-14)8-16-6-7-18-2/h3-5,9,16H,6-8H2,1-2H3. The van der Waals surface area contributed by atoms with E-state index < -0.39 is 0 Å². The average molecular weight is 281 g/mol. The Bertz CT molecular complexity index is 540. The van der Waals surface area contributed by atoms with Gasteiger partial charge in [-0.15, -0.1) is 0 Å². The number of ether oxygens (including phenoxy) is 1. The number of nitrogens with zero attached hydrogens (tertiary/aromatic N) is 1. The molecule has 0 aliphatic heterocycles. The zero-order chi connectivity index (χ0) is 13.7. The molecule has 2 rings (SSSR count). The second-order valence-corrected chi connectivity index (χ2v) is 4.62. The molecule has 1 heterocycles. The summed E-state index contributed by atoms with van der Waals surface area (Å²) in [6, 6.07) is 5.77. The maximum absolute atomic E-state index is 6.13. The van der Waals surface area contributed by atoms with Crippen molar-refractivity contribution in [2.75, 3.05) is 20.3 Å². The Morgan fingerprint density at radius 3 is 3.05 bits per heavy atom. The quantitative estimate of drug-likeness (QED) is 0.826. The van der Waals surface area contributed by atoms with Crippen molar-refractivity contribution < 1.29 is 9.15 Å². The zero-order valence-corrected chi connectivity index (χ0v) is 11.8. The van der Waals surface area contributed by atoms with Gasteiger partial charge >= 0.3 is 0 Å². The van der Waals surface area contributed by atoms with Gasteiger partial charge in [-0.05, 0) is 18.6 Å². The second kappa shape index (κ2) is 6.70. The molecule has 2 aromatic rings. The number of hydrogen-bond donors (Lipinski definition) is 1. The normalized spacial score (nSPS) is 10.9. The van der Waals surface area contributed by atoms with Crippen LogP contribution in [0.15, 0.2) is 29.0 Å². The number of nitrogens with one attached hydrogen (secondary N) is 1. The molecule has 0 fully saturated rings. The summed E-state index contributed by atoms with van der Waals surface area (Å²) in [5, 5.41) is 3.98. The molecule has 0 aliphatic rings. The first-order valence-electron chi connectivity index (χ1n) is 6.11. The van der Waals surface area contributed by atoms with Gasteiger partial charge in [0.2, 0.25) is 0 Å². The molecule has 0 saturated carbocycles. The summed E-state index contributed by atoms with van der Waals surface area (Å²) < 4.78 is 10.5. The van der Waals surface area contributed by atoms with Crippen molar-refractivity contribution >= 4 is 11.6 Å². The van der Waals surface area contributed by atoms with Gasteiger partial charge in [-0.25, -0.2) is 4.98 Å². The number of hydrogen-bond acceptors (Lipinski definition) is 4. The van der Waals surface area contributed by atoms with Crippen molar-refractivity contribution in [3.05, 3.63) is 40.9 Å². The number of benzene rings is 1. The Hall–Kier alpha value is -1.36. The summed E-state index contributed by atoms with van der Waals surface area (Å²) in [4.78, 5) is 4.25. The summed E-state index contributed by atoms with van der Waals surface area (Å²) in [7, 11) is 1.68. The SMILES string of the molecule is COCCNCc1ncoc1-c1cccc(Cl)c1C. The van der Waals surface area contributed by atoms with Crippen molar-refractivity contribution in [2.45, 2.75) is 13.5 Å². The van der Waals surface area contributed by atoms with Gasteiger partial charge in [-0.1, -0.05) is 23.7 Å². The van der Waals surface area contributed by atoms with Crippen LogP contribution in [0.5, 0.6) is 0 Å². The maximum Gasteiger partial charge on any atom is 0.181 e. The molecule has 0 saturated heterocycles. The molecule has 0 spiro atoms. The highest BCUT2D eigenvalue weighted by atomic mass is 35.5. The van der Waals surface area contributed by atoms with Crippen LogP contribution in [-0.4, -0.2) is 25.2 Å². The van der Waals surface area contributed by atoms with Gasteiger partial charge in [0.05, 0.1) is 6.61 Å². The molecule has 0 bridgehead atoms. The third-order valence-corrected chi connectivity index (χ3v) is 3.34. The highest BCUT2D eigenvalue weighted by Gasteiger charge is 2.13. The maximum atomic E-state index is 6.13. The van der Waals surface area contributed by atoms with Crippen LogP contribution in [-0.2, 0) is 11.3 Å². The van der Waals surface area contributed by atoms with E-state index in [0.29, 0.717) is 13.2 Å². The van der Waals surface area contributed by atoms with E-state index >= 15 is 0 Å². The van der Waals surface area contributed by atoms with Crippen LogP contribution in [0.2, 0.25) is 5.02 Å². The average Bonchev–Trinajstić information content (AvgIpc) is 2.86. The van der Waals surface area contributed by atoms with E-state index in [1.165, 1.54) is 6.39 Å². The van der Waals surface area contributed by atoms with E-state index in [1.807, 2.05) is 25.1 Å². The first-order valence-corrected chi connectivity index (χ1v) is 6.49. The van der Waals surface area contributed by atoms with Gasteiger partial charge in [0.15, 0.2) is 12.2 Å². The van der Waals surface area contributed by atoms with Crippen LogP contribution >= 0.6 is 11.6 Å². The molecule has 0 amide bonds. The largest absolute Gasteiger partial charge is 0.443 e. The monoisotopic (exact) mass is 280 g/mol. The molecular formula is C14H17ClN2O2. The summed E-state index contributed by atoms with van der Waals surface area (Å²) >= 11 is 6.13. The minimum Gasteiger partial charge on any atom is -0.443 e. The highest BCUT2D eigenvalue weighted by molar-refractivity contribution is 6.31. The molecule has 1 aromatic carbocycles. The fourth-order valence-electron chi connectivity index (χ4n) is 1.85. The van der Waals surface area contributed by atoms with Gasteiger partial charge in [0, 0.05) is 30.8 Å². The van der Waals surface area contributed by atoms with Crippen molar-refractivity contribution in [1.82, 2.24) is 10.3 Å². The second-order valence-electron chi connectivity index (χ2n) is 4.21. The van der Waals surface area contributed by atoms with Gasteiger partial charge in [-0.3, -0.25) is 0 Å². The van der Waals surface area contributed by atoms with Gasteiger partial charge in [-0.2, -0.15) is 0 Å². The van der Waals surface area contributed by atoms with E-state index in [2.05, 4.69) is 10.3 Å². The first kappa shape index (κ1) is 14.1. The molecule has 1 aromatic heterocycles. The Labute approximate surface area is 117 Å². The Balaban J connectivity index is 2.17. The molecule has 0 atom stereocenters. The first-order chi connectivity index (χ1) is 9.24. The predicted octanol–water partition coefficient (Wildman–Crippen LogP) is 3.04. The molecule has 1 N–H and O–H groups in total. The summed E-state index contributed by atoms with van der Waals surface area (Å²) in [5.74, 6) is 0.768. The van der Waals surface area contributed by atoms with Crippen LogP contribution < -0.4 is 5.32 Å². The Kier molecular flexibility index (Phi) is 4.96. The van der Waals surface area contributed by atoms with Gasteiger partial charge < -0.3 is 14.5 Å². The molecule has 0 unspecified atom stereocenters. The van der Waals surface area contributed by atoms with Crippen LogP contribution in [0.4, 0.5) is 0 Å². The van der Waals surface area contributed by atoms with E-state index in [1.54, 1.807) is 7.11 Å². The Morgan fingerprint density at radius 1 is 1.42 bits per heavy atom. The number of halogens is 1. The minimum absolute atomic E-state index is 0.640. The van der Waals surface area contributed by atoms with Crippen molar-refractivity contribution in [2.24, 2.45) is 0 Å². The molecule has 102 valence electrons. The lowest BCUT2D eigenvalue weighted by Crippen LogP contribution is -2.19. The number of aromatic nitrogens is 1. The third-order valence-electron chi connectivity index (χ3n) is 2.93.